The van der Waals surface area contributed by atoms with Gasteiger partial charge in [0.1, 0.15) is 5.82 Å². The number of halogens is 1. The maximum atomic E-state index is 13.6. The monoisotopic (exact) mass is 345 g/mol. The summed E-state index contributed by atoms with van der Waals surface area (Å²) in [4.78, 5) is 29.9. The molecule has 2 saturated heterocycles. The van der Waals surface area contributed by atoms with E-state index in [4.69, 9.17) is 4.74 Å². The van der Waals surface area contributed by atoms with E-state index >= 15 is 0 Å². The normalized spacial score (nSPS) is 23.4. The van der Waals surface area contributed by atoms with Crippen LogP contribution < -0.4 is 5.32 Å². The van der Waals surface area contributed by atoms with Crippen molar-refractivity contribution in [3.05, 3.63) is 35.3 Å². The molecule has 2 fully saturated rings. The maximum Gasteiger partial charge on any atom is 0.227 e. The molecule has 132 valence electrons. The third kappa shape index (κ3) is 3.00. The van der Waals surface area contributed by atoms with Gasteiger partial charge in [0.25, 0.3) is 0 Å². The summed E-state index contributed by atoms with van der Waals surface area (Å²) in [5.74, 6) is -0.765. The zero-order valence-electron chi connectivity index (χ0n) is 14.0. The summed E-state index contributed by atoms with van der Waals surface area (Å²) in [5.41, 5.74) is 2.49. The van der Waals surface area contributed by atoms with Gasteiger partial charge in [-0.15, -0.1) is 0 Å². The quantitative estimate of drug-likeness (QED) is 0.857. The highest BCUT2D eigenvalue weighted by Crippen LogP contribution is 2.24. The third-order valence-electron chi connectivity index (χ3n) is 5.00. The Labute approximate surface area is 144 Å². The Bertz CT molecular complexity index is 847. The number of aromatic amines is 1. The summed E-state index contributed by atoms with van der Waals surface area (Å²) in [5, 5.41) is 3.65. The molecule has 0 radical (unpaired) electrons. The number of ether oxygens (including phenoxy) is 1. The molecule has 0 unspecified atom stereocenters. The minimum atomic E-state index is -0.335. The van der Waals surface area contributed by atoms with Crippen molar-refractivity contribution in [1.29, 1.82) is 0 Å². The van der Waals surface area contributed by atoms with Gasteiger partial charge in [-0.05, 0) is 30.7 Å². The van der Waals surface area contributed by atoms with Gasteiger partial charge < -0.3 is 19.9 Å². The van der Waals surface area contributed by atoms with Crippen molar-refractivity contribution in [2.75, 3.05) is 26.3 Å². The lowest BCUT2D eigenvalue weighted by molar-refractivity contribution is -0.132. The van der Waals surface area contributed by atoms with Crippen molar-refractivity contribution < 1.29 is 18.7 Å². The van der Waals surface area contributed by atoms with Crippen molar-refractivity contribution in [1.82, 2.24) is 15.2 Å². The fourth-order valence-corrected chi connectivity index (χ4v) is 3.68. The van der Waals surface area contributed by atoms with Gasteiger partial charge in [-0.25, -0.2) is 4.39 Å². The van der Waals surface area contributed by atoms with Gasteiger partial charge in [-0.3, -0.25) is 9.59 Å². The summed E-state index contributed by atoms with van der Waals surface area (Å²) in [6, 6.07) is 4.36. The Kier molecular flexibility index (Phi) is 3.95. The van der Waals surface area contributed by atoms with Gasteiger partial charge in [0.2, 0.25) is 11.8 Å². The van der Waals surface area contributed by atoms with Crippen LogP contribution in [0.4, 0.5) is 4.39 Å². The van der Waals surface area contributed by atoms with Crippen LogP contribution in [-0.2, 0) is 20.7 Å². The first-order valence-corrected chi connectivity index (χ1v) is 8.44. The number of carbonyl (C=O) groups is 2. The molecule has 7 heteroatoms. The van der Waals surface area contributed by atoms with Crippen LogP contribution in [0.15, 0.2) is 18.2 Å². The van der Waals surface area contributed by atoms with E-state index in [0.29, 0.717) is 26.3 Å². The van der Waals surface area contributed by atoms with Crippen molar-refractivity contribution in [2.45, 2.75) is 19.4 Å². The number of carbonyl (C=O) groups excluding carboxylic acids is 2. The number of amides is 2. The number of nitrogens with zero attached hydrogens (tertiary/aromatic N) is 1. The van der Waals surface area contributed by atoms with Gasteiger partial charge in [-0.1, -0.05) is 0 Å². The molecule has 1 aromatic heterocycles. The van der Waals surface area contributed by atoms with Crippen molar-refractivity contribution in [3.63, 3.8) is 0 Å². The van der Waals surface area contributed by atoms with Gasteiger partial charge in [0, 0.05) is 29.7 Å². The molecule has 2 aliphatic heterocycles. The number of aromatic nitrogens is 1. The van der Waals surface area contributed by atoms with Crippen LogP contribution in [0.2, 0.25) is 0 Å². The molecule has 2 atom stereocenters. The minimum Gasteiger partial charge on any atom is -0.378 e. The summed E-state index contributed by atoms with van der Waals surface area (Å²) in [6.07, 6.45) is 0.184. The number of rotatable bonds is 2. The molecule has 0 saturated carbocycles. The number of H-pyrrole nitrogens is 1. The Morgan fingerprint density at radius 2 is 2.20 bits per heavy atom. The average Bonchev–Trinajstić information content (AvgIpc) is 2.69. The lowest BCUT2D eigenvalue weighted by atomic mass is 10.1. The predicted octanol–water partition coefficient (Wildman–Crippen LogP) is 1.13. The van der Waals surface area contributed by atoms with Crippen LogP contribution in [0.3, 0.4) is 0 Å². The fraction of sp³-hybridized carbons (Fsp3) is 0.444. The number of aryl methyl sites for hydroxylation is 1. The number of benzene rings is 1. The van der Waals surface area contributed by atoms with Crippen molar-refractivity contribution in [3.8, 4) is 0 Å². The summed E-state index contributed by atoms with van der Waals surface area (Å²) in [6.45, 7) is 3.44. The van der Waals surface area contributed by atoms with E-state index < -0.39 is 0 Å². The molecule has 0 aliphatic carbocycles. The molecule has 1 aromatic carbocycles. The van der Waals surface area contributed by atoms with E-state index in [0.717, 1.165) is 22.2 Å². The van der Waals surface area contributed by atoms with E-state index in [1.54, 1.807) is 11.0 Å². The zero-order chi connectivity index (χ0) is 17.6. The van der Waals surface area contributed by atoms with Crippen LogP contribution in [0.5, 0.6) is 0 Å². The molecule has 2 bridgehead atoms. The van der Waals surface area contributed by atoms with Gasteiger partial charge >= 0.3 is 0 Å². The Morgan fingerprint density at radius 1 is 1.36 bits per heavy atom. The standard InChI is InChI=1S/C18H20FN3O3/c1-10-14(15-4-12(19)2-3-16(15)20-10)5-17(23)22-6-11-8-25-9-13(7-22)21-18(11)24/h2-4,11,13,20H,5-9H2,1H3,(H,21,24)/t11-,13+/m1/s1. The molecule has 2 N–H and O–H groups in total. The van der Waals surface area contributed by atoms with Crippen LogP contribution in [0.25, 0.3) is 10.9 Å². The number of fused-ring (bicyclic) bond motifs is 4. The molecular weight excluding hydrogens is 325 g/mol. The lowest BCUT2D eigenvalue weighted by Gasteiger charge is -2.27. The lowest BCUT2D eigenvalue weighted by Crippen LogP contribution is -2.45. The molecule has 2 aromatic rings. The van der Waals surface area contributed by atoms with Gasteiger partial charge in [-0.2, -0.15) is 0 Å². The second-order valence-corrected chi connectivity index (χ2v) is 6.83. The second-order valence-electron chi connectivity index (χ2n) is 6.83. The van der Waals surface area contributed by atoms with Crippen LogP contribution in [-0.4, -0.2) is 54.0 Å². The van der Waals surface area contributed by atoms with Crippen molar-refractivity contribution in [2.24, 2.45) is 5.92 Å². The van der Waals surface area contributed by atoms with E-state index in [1.807, 2.05) is 6.92 Å². The van der Waals surface area contributed by atoms with Gasteiger partial charge in [0.05, 0.1) is 31.6 Å². The summed E-state index contributed by atoms with van der Waals surface area (Å²) < 4.78 is 19.1. The van der Waals surface area contributed by atoms with Gasteiger partial charge in [0.15, 0.2) is 0 Å². The first-order chi connectivity index (χ1) is 12.0. The molecule has 2 aliphatic rings. The zero-order valence-corrected chi connectivity index (χ0v) is 14.0. The Balaban J connectivity index is 1.59. The molecule has 3 heterocycles. The fourth-order valence-electron chi connectivity index (χ4n) is 3.68. The molecule has 6 nitrogen and oxygen atoms in total. The van der Waals surface area contributed by atoms with E-state index in [-0.39, 0.29) is 36.0 Å². The third-order valence-corrected chi connectivity index (χ3v) is 5.00. The summed E-state index contributed by atoms with van der Waals surface area (Å²) in [7, 11) is 0. The highest BCUT2D eigenvalue weighted by Gasteiger charge is 2.35. The molecular formula is C18H20FN3O3. The molecule has 25 heavy (non-hydrogen) atoms. The minimum absolute atomic E-state index is 0.0526. The topological polar surface area (TPSA) is 74.4 Å². The van der Waals surface area contributed by atoms with Crippen LogP contribution in [0, 0.1) is 18.7 Å². The smallest absolute Gasteiger partial charge is 0.227 e. The maximum absolute atomic E-state index is 13.6. The average molecular weight is 345 g/mol. The highest BCUT2D eigenvalue weighted by atomic mass is 19.1. The van der Waals surface area contributed by atoms with Crippen LogP contribution >= 0.6 is 0 Å². The number of hydrogen-bond acceptors (Lipinski definition) is 3. The van der Waals surface area contributed by atoms with E-state index in [1.165, 1.54) is 12.1 Å². The summed E-state index contributed by atoms with van der Waals surface area (Å²) >= 11 is 0. The predicted molar refractivity (Wildman–Crippen MR) is 89.5 cm³/mol. The Hall–Kier alpha value is -2.41. The molecule has 4 rings (SSSR count). The molecule has 0 spiro atoms. The first-order valence-electron chi connectivity index (χ1n) is 8.44. The first kappa shape index (κ1) is 16.1. The number of nitrogens with one attached hydrogen (secondary N) is 2. The Morgan fingerprint density at radius 3 is 3.04 bits per heavy atom. The van der Waals surface area contributed by atoms with Crippen LogP contribution in [0.1, 0.15) is 11.3 Å². The largest absolute Gasteiger partial charge is 0.378 e. The second kappa shape index (κ2) is 6.15. The van der Waals surface area contributed by atoms with Crippen molar-refractivity contribution >= 4 is 22.7 Å². The van der Waals surface area contributed by atoms with E-state index in [9.17, 15) is 14.0 Å². The number of hydrogen-bond donors (Lipinski definition) is 2. The molecule has 2 amide bonds. The SMILES string of the molecule is Cc1[nH]c2ccc(F)cc2c1CC(=O)N1C[C@H]2COC[C@@H](C1)C(=O)N2. The highest BCUT2D eigenvalue weighted by molar-refractivity contribution is 5.90. The van der Waals surface area contributed by atoms with E-state index in [2.05, 4.69) is 10.3 Å².